The monoisotopic (exact) mass is 647 g/mol. The molecule has 3 aromatic carbocycles. The van der Waals surface area contributed by atoms with Crippen LogP contribution in [0.1, 0.15) is 22.6 Å². The van der Waals surface area contributed by atoms with Crippen molar-refractivity contribution in [1.29, 1.82) is 0 Å². The van der Waals surface area contributed by atoms with Crippen LogP contribution < -0.4 is 4.90 Å². The number of anilines is 1. The first-order valence-electron chi connectivity index (χ1n) is 13.9. The number of carbonyl (C=O) groups is 1. The van der Waals surface area contributed by atoms with Crippen molar-refractivity contribution < 1.29 is 26.4 Å². The average molecular weight is 648 g/mol. The van der Waals surface area contributed by atoms with Crippen LogP contribution in [-0.2, 0) is 21.0 Å². The molecule has 12 heteroatoms. The van der Waals surface area contributed by atoms with E-state index in [4.69, 9.17) is 11.6 Å². The standard InChI is InChI=1S/C31H29ClF3N3O3S2/c1-20-25-17-23(32)10-11-28(25)42-30(20)43(40,41)38-18-26(21-6-3-2-4-7-21)27(19-38)29(39)37-14-12-36(13-15-37)24-9-5-8-22(16-24)31(33,34)35/h2-11,16-17,26-27H,12-15,18-19H2,1H3/t26-,27+/m0/s1. The maximum atomic E-state index is 14.0. The fourth-order valence-electron chi connectivity index (χ4n) is 6.08. The normalized spacial score (nSPS) is 20.2. The summed E-state index contributed by atoms with van der Waals surface area (Å²) in [4.78, 5) is 17.6. The van der Waals surface area contributed by atoms with Gasteiger partial charge in [0.1, 0.15) is 4.21 Å². The van der Waals surface area contributed by atoms with Gasteiger partial charge in [0.15, 0.2) is 0 Å². The third-order valence-electron chi connectivity index (χ3n) is 8.39. The van der Waals surface area contributed by atoms with Crippen molar-refractivity contribution in [3.63, 3.8) is 0 Å². The molecule has 3 heterocycles. The lowest BCUT2D eigenvalue weighted by atomic mass is 9.88. The number of benzene rings is 3. The van der Waals surface area contributed by atoms with Gasteiger partial charge in [-0.05, 0) is 59.8 Å². The first-order chi connectivity index (χ1) is 20.4. The quantitative estimate of drug-likeness (QED) is 0.244. The highest BCUT2D eigenvalue weighted by molar-refractivity contribution is 7.91. The second kappa shape index (κ2) is 11.4. The van der Waals surface area contributed by atoms with Crippen molar-refractivity contribution in [3.8, 4) is 0 Å². The second-order valence-electron chi connectivity index (χ2n) is 11.0. The number of carbonyl (C=O) groups excluding carboxylic acids is 1. The molecule has 43 heavy (non-hydrogen) atoms. The summed E-state index contributed by atoms with van der Waals surface area (Å²) < 4.78 is 70.3. The summed E-state index contributed by atoms with van der Waals surface area (Å²) in [5.41, 5.74) is 1.28. The summed E-state index contributed by atoms with van der Waals surface area (Å²) in [6, 6.07) is 20.0. The molecule has 0 aliphatic carbocycles. The van der Waals surface area contributed by atoms with Crippen molar-refractivity contribution in [3.05, 3.63) is 94.5 Å². The third-order valence-corrected chi connectivity index (χ3v) is 12.3. The minimum Gasteiger partial charge on any atom is -0.368 e. The highest BCUT2D eigenvalue weighted by atomic mass is 35.5. The Morgan fingerprint density at radius 2 is 1.65 bits per heavy atom. The Morgan fingerprint density at radius 3 is 2.35 bits per heavy atom. The Bertz CT molecular complexity index is 1770. The molecule has 0 spiro atoms. The van der Waals surface area contributed by atoms with Crippen LogP contribution in [-0.4, -0.2) is 62.8 Å². The lowest BCUT2D eigenvalue weighted by Gasteiger charge is -2.38. The van der Waals surface area contributed by atoms with E-state index >= 15 is 0 Å². The van der Waals surface area contributed by atoms with Gasteiger partial charge in [0.2, 0.25) is 5.91 Å². The summed E-state index contributed by atoms with van der Waals surface area (Å²) >= 11 is 7.38. The van der Waals surface area contributed by atoms with E-state index in [1.807, 2.05) is 41.3 Å². The number of aryl methyl sites for hydroxylation is 1. The zero-order valence-electron chi connectivity index (χ0n) is 23.2. The van der Waals surface area contributed by atoms with Crippen LogP contribution in [0, 0.1) is 12.8 Å². The van der Waals surface area contributed by atoms with Crippen molar-refractivity contribution in [2.45, 2.75) is 23.2 Å². The Balaban J connectivity index is 1.23. The molecule has 2 fully saturated rings. The maximum Gasteiger partial charge on any atom is 0.416 e. The van der Waals surface area contributed by atoms with Crippen LogP contribution in [0.4, 0.5) is 18.9 Å². The number of nitrogens with zero attached hydrogens (tertiary/aromatic N) is 3. The average Bonchev–Trinajstić information content (AvgIpc) is 3.60. The molecule has 2 aliphatic heterocycles. The number of sulfonamides is 1. The van der Waals surface area contributed by atoms with Gasteiger partial charge in [0.25, 0.3) is 10.0 Å². The molecular weight excluding hydrogens is 619 g/mol. The molecule has 4 aromatic rings. The Kier molecular flexibility index (Phi) is 7.95. The third kappa shape index (κ3) is 5.75. The van der Waals surface area contributed by atoms with E-state index in [2.05, 4.69) is 0 Å². The van der Waals surface area contributed by atoms with Gasteiger partial charge in [0, 0.05) is 60.6 Å². The smallest absolute Gasteiger partial charge is 0.368 e. The Morgan fingerprint density at radius 1 is 0.930 bits per heavy atom. The predicted molar refractivity (Wildman–Crippen MR) is 163 cm³/mol. The van der Waals surface area contributed by atoms with Gasteiger partial charge in [-0.25, -0.2) is 8.42 Å². The predicted octanol–water partition coefficient (Wildman–Crippen LogP) is 6.64. The number of alkyl halides is 3. The fourth-order valence-corrected chi connectivity index (χ4v) is 9.63. The van der Waals surface area contributed by atoms with Crippen molar-refractivity contribution in [1.82, 2.24) is 9.21 Å². The van der Waals surface area contributed by atoms with Crippen LogP contribution in [0.3, 0.4) is 0 Å². The van der Waals surface area contributed by atoms with Crippen LogP contribution >= 0.6 is 22.9 Å². The second-order valence-corrected chi connectivity index (χ2v) is 14.6. The van der Waals surface area contributed by atoms with Gasteiger partial charge < -0.3 is 9.80 Å². The molecule has 0 bridgehead atoms. The number of rotatable bonds is 5. The van der Waals surface area contributed by atoms with Crippen molar-refractivity contribution in [2.24, 2.45) is 5.92 Å². The Hall–Kier alpha value is -3.12. The number of amides is 1. The van der Waals surface area contributed by atoms with E-state index in [-0.39, 0.29) is 29.1 Å². The highest BCUT2D eigenvalue weighted by Crippen LogP contribution is 2.42. The van der Waals surface area contributed by atoms with Gasteiger partial charge in [0.05, 0.1) is 11.5 Å². The van der Waals surface area contributed by atoms with E-state index in [0.717, 1.165) is 27.8 Å². The van der Waals surface area contributed by atoms with Crippen LogP contribution in [0.15, 0.2) is 77.0 Å². The number of hydrogen-bond acceptors (Lipinski definition) is 5. The van der Waals surface area contributed by atoms with Gasteiger partial charge in [-0.1, -0.05) is 48.0 Å². The summed E-state index contributed by atoms with van der Waals surface area (Å²) in [5, 5.41) is 1.32. The topological polar surface area (TPSA) is 60.9 Å². The molecule has 6 rings (SSSR count). The molecule has 2 saturated heterocycles. The molecule has 0 saturated carbocycles. The van der Waals surface area contributed by atoms with Crippen LogP contribution in [0.25, 0.3) is 10.1 Å². The molecule has 6 nitrogen and oxygen atoms in total. The van der Waals surface area contributed by atoms with E-state index in [0.29, 0.717) is 42.5 Å². The highest BCUT2D eigenvalue weighted by Gasteiger charge is 2.46. The Labute approximate surface area is 257 Å². The van der Waals surface area contributed by atoms with E-state index in [9.17, 15) is 26.4 Å². The molecule has 2 atom stereocenters. The van der Waals surface area contributed by atoms with Crippen LogP contribution in [0.2, 0.25) is 5.02 Å². The fraction of sp³-hybridized carbons (Fsp3) is 0.323. The van der Waals surface area contributed by atoms with E-state index in [1.54, 1.807) is 30.0 Å². The summed E-state index contributed by atoms with van der Waals surface area (Å²) in [5.74, 6) is -1.08. The SMILES string of the molecule is Cc1c(S(=O)(=O)N2C[C@@H](C(=O)N3CCN(c4cccc(C(F)(F)F)c4)CC3)[C@H](c3ccccc3)C2)sc2ccc(Cl)cc12. The molecule has 2 aliphatic rings. The summed E-state index contributed by atoms with van der Waals surface area (Å²) in [6.07, 6.45) is -4.43. The number of fused-ring (bicyclic) bond motifs is 1. The maximum absolute atomic E-state index is 14.0. The molecule has 1 amide bonds. The van der Waals surface area contributed by atoms with Gasteiger partial charge in [-0.15, -0.1) is 11.3 Å². The minimum absolute atomic E-state index is 0.0447. The number of halogens is 4. The first-order valence-corrected chi connectivity index (χ1v) is 16.5. The summed E-state index contributed by atoms with van der Waals surface area (Å²) in [7, 11) is -3.91. The zero-order chi connectivity index (χ0) is 30.5. The molecule has 1 aromatic heterocycles. The number of thiophene rings is 1. The van der Waals surface area contributed by atoms with Crippen molar-refractivity contribution in [2.75, 3.05) is 44.2 Å². The largest absolute Gasteiger partial charge is 0.416 e. The zero-order valence-corrected chi connectivity index (χ0v) is 25.6. The first kappa shape index (κ1) is 29.9. The van der Waals surface area contributed by atoms with Crippen molar-refractivity contribution >= 4 is 54.6 Å². The lowest BCUT2D eigenvalue weighted by molar-refractivity contribution is -0.137. The molecule has 0 radical (unpaired) electrons. The van der Waals surface area contributed by atoms with E-state index < -0.39 is 27.7 Å². The molecule has 226 valence electrons. The van der Waals surface area contributed by atoms with Gasteiger partial charge >= 0.3 is 6.18 Å². The molecular formula is C31H29ClF3N3O3S2. The minimum atomic E-state index is -4.43. The van der Waals surface area contributed by atoms with Gasteiger partial charge in [-0.2, -0.15) is 17.5 Å². The summed E-state index contributed by atoms with van der Waals surface area (Å²) in [6.45, 7) is 3.40. The number of hydrogen-bond donors (Lipinski definition) is 0. The lowest BCUT2D eigenvalue weighted by Crippen LogP contribution is -2.51. The van der Waals surface area contributed by atoms with Crippen LogP contribution in [0.5, 0.6) is 0 Å². The molecule has 0 N–H and O–H groups in total. The van der Waals surface area contributed by atoms with Gasteiger partial charge in [-0.3, -0.25) is 4.79 Å². The molecule has 0 unspecified atom stereocenters. The number of piperazine rings is 1. The van der Waals surface area contributed by atoms with E-state index in [1.165, 1.54) is 21.7 Å².